The second-order valence-electron chi connectivity index (χ2n) is 16.4. The Morgan fingerprint density at radius 1 is 1.05 bits per heavy atom. The molecule has 2 aromatic carbocycles. The van der Waals surface area contributed by atoms with Gasteiger partial charge in [-0.05, 0) is 77.9 Å². The van der Waals surface area contributed by atoms with Crippen molar-refractivity contribution in [1.82, 2.24) is 15.3 Å². The minimum atomic E-state index is -1.44. The first kappa shape index (κ1) is 42.6. The van der Waals surface area contributed by atoms with Crippen molar-refractivity contribution >= 4 is 28.6 Å². The summed E-state index contributed by atoms with van der Waals surface area (Å²) in [4.78, 5) is 44.5. The minimum Gasteiger partial charge on any atom is -0.508 e. The van der Waals surface area contributed by atoms with E-state index in [9.17, 15) is 24.6 Å². The molecule has 304 valence electrons. The summed E-state index contributed by atoms with van der Waals surface area (Å²) in [5.74, 6) is -2.62. The molecule has 12 atom stereocenters. The summed E-state index contributed by atoms with van der Waals surface area (Å²) in [7, 11) is 5.36. The first-order valence-electron chi connectivity index (χ1n) is 19.5. The quantitative estimate of drug-likeness (QED) is 0.291. The Balaban J connectivity index is 1.54. The van der Waals surface area contributed by atoms with Crippen molar-refractivity contribution in [3.05, 3.63) is 53.6 Å². The van der Waals surface area contributed by atoms with Crippen LogP contribution in [-0.2, 0) is 39.8 Å². The van der Waals surface area contributed by atoms with Crippen molar-refractivity contribution in [2.45, 2.75) is 135 Å². The van der Waals surface area contributed by atoms with Crippen molar-refractivity contribution in [1.29, 1.82) is 0 Å². The molecular weight excluding hydrogens is 706 g/mol. The number of hydrogen-bond donors (Lipinski definition) is 3. The van der Waals surface area contributed by atoms with Crippen molar-refractivity contribution < 1.29 is 48.3 Å². The van der Waals surface area contributed by atoms with Gasteiger partial charge in [0.15, 0.2) is 11.9 Å². The zero-order chi connectivity index (χ0) is 40.6. The van der Waals surface area contributed by atoms with Crippen LogP contribution in [0.5, 0.6) is 5.75 Å². The molecule has 55 heavy (non-hydrogen) atoms. The number of carbonyl (C=O) groups excluding carboxylic acids is 3. The number of carbonyl (C=O) groups is 3. The molecule has 0 bridgehead atoms. The molecule has 2 aromatic rings. The lowest BCUT2D eigenvalue weighted by Gasteiger charge is -2.46. The monoisotopic (exact) mass is 767 g/mol. The summed E-state index contributed by atoms with van der Waals surface area (Å²) in [5, 5.41) is 25.4. The summed E-state index contributed by atoms with van der Waals surface area (Å²) in [5.41, 5.74) is 1.51. The Kier molecular flexibility index (Phi) is 13.1. The zero-order valence-electron chi connectivity index (χ0n) is 34.2. The molecule has 3 aliphatic rings. The Morgan fingerprint density at radius 3 is 2.40 bits per heavy atom. The van der Waals surface area contributed by atoms with Crippen molar-refractivity contribution in [3.63, 3.8) is 0 Å². The average Bonchev–Trinajstić information content (AvgIpc) is 3.40. The number of nitrogens with zero attached hydrogens (tertiary/aromatic N) is 2. The molecule has 3 heterocycles. The van der Waals surface area contributed by atoms with Crippen LogP contribution in [0.2, 0.25) is 0 Å². The molecule has 13 heteroatoms. The summed E-state index contributed by atoms with van der Waals surface area (Å²) in [6.07, 6.45) is -1.74. The van der Waals surface area contributed by atoms with E-state index >= 15 is 0 Å². The number of aromatic hydroxyl groups is 1. The Bertz CT molecular complexity index is 1750. The van der Waals surface area contributed by atoms with E-state index in [1.165, 1.54) is 5.01 Å². The van der Waals surface area contributed by atoms with Crippen LogP contribution in [0.25, 0.3) is 10.8 Å². The average molecular weight is 768 g/mol. The molecular formula is C42H61N3O10. The number of benzene rings is 2. The number of ketones is 1. The van der Waals surface area contributed by atoms with Gasteiger partial charge >= 0.3 is 12.1 Å². The molecule has 5 rings (SSSR count). The van der Waals surface area contributed by atoms with E-state index in [1.54, 1.807) is 40.0 Å². The number of fused-ring (bicyclic) bond motifs is 2. The Morgan fingerprint density at radius 2 is 1.75 bits per heavy atom. The van der Waals surface area contributed by atoms with Gasteiger partial charge < -0.3 is 38.8 Å². The molecule has 0 unspecified atom stereocenters. The van der Waals surface area contributed by atoms with E-state index in [-0.39, 0.29) is 36.6 Å². The van der Waals surface area contributed by atoms with Crippen molar-refractivity contribution in [2.24, 2.45) is 17.8 Å². The van der Waals surface area contributed by atoms with Crippen LogP contribution < -0.4 is 5.43 Å². The molecule has 3 N–H and O–H groups in total. The highest BCUT2D eigenvalue weighted by atomic mass is 16.7. The van der Waals surface area contributed by atoms with Gasteiger partial charge in [0.05, 0.1) is 17.8 Å². The number of esters is 1. The predicted octanol–water partition coefficient (Wildman–Crippen LogP) is 5.50. The zero-order valence-corrected chi connectivity index (χ0v) is 34.2. The van der Waals surface area contributed by atoms with Gasteiger partial charge in [0.2, 0.25) is 0 Å². The lowest BCUT2D eigenvalue weighted by Crippen LogP contribution is -2.60. The summed E-state index contributed by atoms with van der Waals surface area (Å²) >= 11 is 0. The molecule has 0 spiro atoms. The van der Waals surface area contributed by atoms with Gasteiger partial charge in [-0.2, -0.15) is 0 Å². The molecule has 0 aromatic heterocycles. The molecule has 3 aliphatic heterocycles. The third-order valence-electron chi connectivity index (χ3n) is 12.1. The molecule has 2 saturated heterocycles. The number of cyclic esters (lactones) is 1. The van der Waals surface area contributed by atoms with E-state index < -0.39 is 71.7 Å². The van der Waals surface area contributed by atoms with Crippen LogP contribution in [0.1, 0.15) is 80.2 Å². The number of nitrogens with one attached hydrogen (secondary N) is 1. The molecule has 0 saturated carbocycles. The number of phenols is 1. The number of hydrazine groups is 1. The first-order chi connectivity index (χ1) is 25.9. The third-order valence-corrected chi connectivity index (χ3v) is 12.1. The molecule has 2 fully saturated rings. The van der Waals surface area contributed by atoms with Gasteiger partial charge in [0.1, 0.15) is 29.8 Å². The lowest BCUT2D eigenvalue weighted by molar-refractivity contribution is -0.294. The number of phenolic OH excluding ortho intramolecular Hbond substituents is 1. The largest absolute Gasteiger partial charge is 0.508 e. The van der Waals surface area contributed by atoms with E-state index in [0.29, 0.717) is 24.0 Å². The van der Waals surface area contributed by atoms with Gasteiger partial charge in [0.25, 0.3) is 0 Å². The van der Waals surface area contributed by atoms with Crippen LogP contribution in [0.3, 0.4) is 0 Å². The number of methoxy groups -OCH3 is 1. The van der Waals surface area contributed by atoms with Crippen LogP contribution >= 0.6 is 0 Å². The maximum Gasteiger partial charge on any atom is 0.425 e. The summed E-state index contributed by atoms with van der Waals surface area (Å²) in [6.45, 7) is 14.5. The normalized spacial score (nSPS) is 37.6. The second-order valence-corrected chi connectivity index (χ2v) is 16.4. The van der Waals surface area contributed by atoms with Gasteiger partial charge in [-0.3, -0.25) is 4.79 Å². The topological polar surface area (TPSA) is 156 Å². The van der Waals surface area contributed by atoms with Crippen molar-refractivity contribution in [3.8, 4) is 5.75 Å². The number of ether oxygens (including phenoxy) is 5. The SMILES string of the molecule is CC[C@H]1OC(=O)/C(C)=C/[C@H](C)[C@@H](O[C@@H]2O[C@H](C)C[C@H](N(C)C)[C@H]2O)[C@](C)(OC)C[C@@H](C)C(=O)[C@H](C)[C@H]2N(NCc3c(O)ccc4ccccc34)C(=O)O[C@]12C. The number of aliphatic hydroxyl groups excluding tert-OH is 1. The fourth-order valence-corrected chi connectivity index (χ4v) is 9.11. The fraction of sp³-hybridized carbons (Fsp3) is 0.643. The van der Waals surface area contributed by atoms with Crippen LogP contribution in [0.15, 0.2) is 48.0 Å². The second kappa shape index (κ2) is 16.9. The van der Waals surface area contributed by atoms with Crippen molar-refractivity contribution in [2.75, 3.05) is 21.2 Å². The first-order valence-corrected chi connectivity index (χ1v) is 19.5. The molecule has 13 nitrogen and oxygen atoms in total. The highest BCUT2D eigenvalue weighted by molar-refractivity contribution is 5.89. The smallest absolute Gasteiger partial charge is 0.425 e. The van der Waals surface area contributed by atoms with Gasteiger partial charge in [-0.25, -0.2) is 20.0 Å². The molecule has 0 radical (unpaired) electrons. The van der Waals surface area contributed by atoms with Crippen LogP contribution in [-0.4, -0.2) is 113 Å². The standard InChI is InChI=1S/C42H61N3O10/c1-12-33-42(8)36(45(40(50)55-42)43-22-30-29-16-14-13-15-28(29)17-18-32(30)46)27(6)34(47)25(4)21-41(7,51-11)37(23(2)19-24(3)38(49)53-33)54-39-35(48)31(44(9)10)20-26(5)52-39/h13-19,23,25-27,31,33,35-37,39,43,46,48H,12,20-22H2,1-11H3/b24-19+/t23-,25+,26+,27-,31-,33+,35+,36+,37+,39-,41+,42+/m0/s1. The Labute approximate surface area is 325 Å². The predicted molar refractivity (Wildman–Crippen MR) is 207 cm³/mol. The number of aliphatic hydroxyl groups is 1. The van der Waals surface area contributed by atoms with E-state index in [2.05, 4.69) is 5.43 Å². The third kappa shape index (κ3) is 8.43. The highest BCUT2D eigenvalue weighted by Crippen LogP contribution is 2.42. The van der Waals surface area contributed by atoms with Gasteiger partial charge in [-0.15, -0.1) is 0 Å². The molecule has 0 aliphatic carbocycles. The van der Waals surface area contributed by atoms with E-state index in [0.717, 1.165) is 10.8 Å². The molecule has 1 amide bonds. The number of rotatable bonds is 8. The number of amides is 1. The van der Waals surface area contributed by atoms with Gasteiger partial charge in [0, 0.05) is 48.6 Å². The number of Topliss-reactive ketones (excluding diaryl/α,β-unsaturated/α-hetero) is 1. The summed E-state index contributed by atoms with van der Waals surface area (Å²) in [6, 6.07) is 9.89. The number of hydrogen-bond acceptors (Lipinski definition) is 12. The number of likely N-dealkylation sites (N-methyl/N-ethyl adjacent to an activating group) is 1. The minimum absolute atomic E-state index is 0.0464. The van der Waals surface area contributed by atoms with Crippen LogP contribution in [0, 0.1) is 17.8 Å². The lowest BCUT2D eigenvalue weighted by atomic mass is 9.74. The maximum absolute atomic E-state index is 14.7. The van der Waals surface area contributed by atoms with E-state index in [4.69, 9.17) is 23.7 Å². The highest BCUT2D eigenvalue weighted by Gasteiger charge is 2.60. The van der Waals surface area contributed by atoms with E-state index in [1.807, 2.05) is 83.9 Å². The maximum atomic E-state index is 14.7. The summed E-state index contributed by atoms with van der Waals surface area (Å²) < 4.78 is 31.4. The fourth-order valence-electron chi connectivity index (χ4n) is 9.11. The van der Waals surface area contributed by atoms with Gasteiger partial charge in [-0.1, -0.05) is 64.1 Å². The Hall–Kier alpha value is -3.59. The van der Waals surface area contributed by atoms with Crippen LogP contribution in [0.4, 0.5) is 4.79 Å².